The number of hydrogen-bond acceptors (Lipinski definition) is 2. The molecule has 2 heteroatoms. The summed E-state index contributed by atoms with van der Waals surface area (Å²) in [5.74, 6) is 4.13. The minimum atomic E-state index is 0.724. The summed E-state index contributed by atoms with van der Waals surface area (Å²) in [7, 11) is 2.16. The van der Waals surface area contributed by atoms with Gasteiger partial charge < -0.3 is 10.2 Å². The zero-order valence-electron chi connectivity index (χ0n) is 15.7. The summed E-state index contributed by atoms with van der Waals surface area (Å²) < 4.78 is 0. The Labute approximate surface area is 134 Å². The van der Waals surface area contributed by atoms with Gasteiger partial charge in [-0.2, -0.15) is 0 Å². The first kappa shape index (κ1) is 19.0. The molecule has 1 fully saturated rings. The van der Waals surface area contributed by atoms with Crippen LogP contribution >= 0.6 is 0 Å². The molecule has 21 heavy (non-hydrogen) atoms. The third-order valence-corrected chi connectivity index (χ3v) is 5.08. The van der Waals surface area contributed by atoms with Gasteiger partial charge in [-0.3, -0.25) is 0 Å². The van der Waals surface area contributed by atoms with Gasteiger partial charge in [0.05, 0.1) is 0 Å². The van der Waals surface area contributed by atoms with E-state index in [2.05, 4.69) is 58.8 Å². The minimum absolute atomic E-state index is 0.724. The van der Waals surface area contributed by atoms with Crippen LogP contribution in [0.2, 0.25) is 0 Å². The van der Waals surface area contributed by atoms with Gasteiger partial charge in [0.2, 0.25) is 0 Å². The molecule has 3 atom stereocenters. The first-order chi connectivity index (χ1) is 9.83. The molecule has 0 heterocycles. The van der Waals surface area contributed by atoms with Crippen LogP contribution in [0.15, 0.2) is 0 Å². The maximum atomic E-state index is 3.60. The Hall–Kier alpha value is -0.0800. The van der Waals surface area contributed by atoms with Crippen molar-refractivity contribution in [1.29, 1.82) is 0 Å². The maximum Gasteiger partial charge on any atom is 0.0105 e. The smallest absolute Gasteiger partial charge is 0.0105 e. The molecule has 1 rings (SSSR count). The van der Waals surface area contributed by atoms with Crippen molar-refractivity contribution in [3.8, 4) is 0 Å². The van der Waals surface area contributed by atoms with Crippen molar-refractivity contribution in [3.63, 3.8) is 0 Å². The summed E-state index contributed by atoms with van der Waals surface area (Å²) in [4.78, 5) is 2.73. The lowest BCUT2D eigenvalue weighted by Gasteiger charge is -2.41. The number of nitrogens with zero attached hydrogens (tertiary/aromatic N) is 1. The highest BCUT2D eigenvalue weighted by molar-refractivity contribution is 4.87. The molecule has 1 N–H and O–H groups in total. The lowest BCUT2D eigenvalue weighted by molar-refractivity contribution is 0.111. The molecule has 0 aromatic rings. The van der Waals surface area contributed by atoms with Crippen LogP contribution in [0, 0.1) is 29.6 Å². The quantitative estimate of drug-likeness (QED) is 0.720. The maximum absolute atomic E-state index is 3.60. The monoisotopic (exact) mass is 296 g/mol. The molecule has 3 unspecified atom stereocenters. The standard InChI is InChI=1S/C19H40N2/c1-14(2)11-21(12-15(3)4)13-18-10-17(16(5)6)8-9-19(18)20-7/h14-20H,8-13H2,1-7H3. The Bertz CT molecular complexity index is 263. The van der Waals surface area contributed by atoms with E-state index in [4.69, 9.17) is 0 Å². The SMILES string of the molecule is CNC1CCC(C(C)C)CC1CN(CC(C)C)CC(C)C. The lowest BCUT2D eigenvalue weighted by atomic mass is 9.73. The molecule has 0 aromatic carbocycles. The Balaban J connectivity index is 2.66. The van der Waals surface area contributed by atoms with Crippen LogP contribution in [0.4, 0.5) is 0 Å². The zero-order valence-corrected chi connectivity index (χ0v) is 15.7. The number of rotatable bonds is 8. The average molecular weight is 297 g/mol. The molecule has 0 radical (unpaired) electrons. The van der Waals surface area contributed by atoms with Crippen LogP contribution in [0.1, 0.15) is 60.8 Å². The molecule has 0 saturated heterocycles. The van der Waals surface area contributed by atoms with Crippen molar-refractivity contribution in [2.24, 2.45) is 29.6 Å². The molecule has 1 saturated carbocycles. The van der Waals surface area contributed by atoms with Gasteiger partial charge in [-0.15, -0.1) is 0 Å². The minimum Gasteiger partial charge on any atom is -0.317 e. The van der Waals surface area contributed by atoms with E-state index in [1.165, 1.54) is 38.9 Å². The van der Waals surface area contributed by atoms with E-state index in [1.54, 1.807) is 0 Å². The third-order valence-electron chi connectivity index (χ3n) is 5.08. The van der Waals surface area contributed by atoms with Gasteiger partial charge >= 0.3 is 0 Å². The molecule has 2 nitrogen and oxygen atoms in total. The van der Waals surface area contributed by atoms with Gasteiger partial charge in [-0.25, -0.2) is 0 Å². The average Bonchev–Trinajstić information content (AvgIpc) is 2.36. The molecule has 0 spiro atoms. The second-order valence-corrected chi connectivity index (χ2v) is 8.48. The zero-order chi connectivity index (χ0) is 16.0. The van der Waals surface area contributed by atoms with Crippen molar-refractivity contribution in [1.82, 2.24) is 10.2 Å². The summed E-state index contributed by atoms with van der Waals surface area (Å²) in [6.45, 7) is 18.0. The number of hydrogen-bond donors (Lipinski definition) is 1. The van der Waals surface area contributed by atoms with Crippen LogP contribution < -0.4 is 5.32 Å². The Morgan fingerprint density at radius 2 is 1.52 bits per heavy atom. The van der Waals surface area contributed by atoms with Gasteiger partial charge in [0.1, 0.15) is 0 Å². The molecular weight excluding hydrogens is 256 g/mol. The van der Waals surface area contributed by atoms with Crippen LogP contribution in [0.25, 0.3) is 0 Å². The molecule has 0 aliphatic heterocycles. The predicted molar refractivity (Wildman–Crippen MR) is 94.6 cm³/mol. The van der Waals surface area contributed by atoms with Gasteiger partial charge in [0.15, 0.2) is 0 Å². The van der Waals surface area contributed by atoms with Crippen molar-refractivity contribution in [3.05, 3.63) is 0 Å². The molecule has 1 aliphatic carbocycles. The van der Waals surface area contributed by atoms with E-state index in [1.807, 2.05) is 0 Å². The predicted octanol–water partition coefficient (Wildman–Crippen LogP) is 4.26. The van der Waals surface area contributed by atoms with Gasteiger partial charge in [0, 0.05) is 25.7 Å². The number of nitrogens with one attached hydrogen (secondary N) is 1. The van der Waals surface area contributed by atoms with Gasteiger partial charge in [-0.05, 0) is 55.9 Å². The highest BCUT2D eigenvalue weighted by atomic mass is 15.1. The van der Waals surface area contributed by atoms with Crippen molar-refractivity contribution in [2.75, 3.05) is 26.7 Å². The summed E-state index contributed by atoms with van der Waals surface area (Å²) in [6, 6.07) is 0.724. The highest BCUT2D eigenvalue weighted by Crippen LogP contribution is 2.34. The van der Waals surface area contributed by atoms with Gasteiger partial charge in [0.25, 0.3) is 0 Å². The fourth-order valence-corrected chi connectivity index (χ4v) is 4.08. The van der Waals surface area contributed by atoms with Crippen LogP contribution in [0.5, 0.6) is 0 Å². The van der Waals surface area contributed by atoms with Gasteiger partial charge in [-0.1, -0.05) is 41.5 Å². The molecule has 0 bridgehead atoms. The second-order valence-electron chi connectivity index (χ2n) is 8.48. The van der Waals surface area contributed by atoms with E-state index in [9.17, 15) is 0 Å². The largest absolute Gasteiger partial charge is 0.317 e. The summed E-state index contributed by atoms with van der Waals surface area (Å²) in [6.07, 6.45) is 4.19. The molecule has 126 valence electrons. The molecule has 0 amide bonds. The normalized spacial score (nSPS) is 27.3. The Morgan fingerprint density at radius 1 is 0.952 bits per heavy atom. The summed E-state index contributed by atoms with van der Waals surface area (Å²) in [5, 5.41) is 3.60. The van der Waals surface area contributed by atoms with Crippen molar-refractivity contribution in [2.45, 2.75) is 66.8 Å². The lowest BCUT2D eigenvalue weighted by Crippen LogP contribution is -2.46. The van der Waals surface area contributed by atoms with Crippen molar-refractivity contribution >= 4 is 0 Å². The van der Waals surface area contributed by atoms with Crippen LogP contribution in [-0.2, 0) is 0 Å². The molecular formula is C19H40N2. The Morgan fingerprint density at radius 3 is 1.95 bits per heavy atom. The highest BCUT2D eigenvalue weighted by Gasteiger charge is 2.32. The van der Waals surface area contributed by atoms with Crippen LogP contribution in [-0.4, -0.2) is 37.6 Å². The molecule has 1 aliphatic rings. The van der Waals surface area contributed by atoms with Crippen LogP contribution in [0.3, 0.4) is 0 Å². The molecule has 0 aromatic heterocycles. The summed E-state index contributed by atoms with van der Waals surface area (Å²) in [5.41, 5.74) is 0. The topological polar surface area (TPSA) is 15.3 Å². The summed E-state index contributed by atoms with van der Waals surface area (Å²) >= 11 is 0. The van der Waals surface area contributed by atoms with E-state index < -0.39 is 0 Å². The van der Waals surface area contributed by atoms with E-state index in [0.717, 1.165) is 35.6 Å². The fourth-order valence-electron chi connectivity index (χ4n) is 4.08. The first-order valence-corrected chi connectivity index (χ1v) is 9.23. The Kier molecular flexibility index (Phi) is 8.26. The van der Waals surface area contributed by atoms with E-state index in [0.29, 0.717) is 0 Å². The van der Waals surface area contributed by atoms with Crippen molar-refractivity contribution < 1.29 is 0 Å². The second kappa shape index (κ2) is 9.15. The van der Waals surface area contributed by atoms with E-state index in [-0.39, 0.29) is 0 Å². The first-order valence-electron chi connectivity index (χ1n) is 9.23. The third kappa shape index (κ3) is 6.69. The van der Waals surface area contributed by atoms with E-state index >= 15 is 0 Å². The fraction of sp³-hybridized carbons (Fsp3) is 1.00.